The largest absolute Gasteiger partial charge is 0.462 e. The lowest BCUT2D eigenvalue weighted by atomic mass is 10.1. The molecule has 3 rings (SSSR count). The molecule has 1 N–H and O–H groups in total. The number of aryl methyl sites for hydroxylation is 1. The van der Waals surface area contributed by atoms with Gasteiger partial charge in [0, 0.05) is 11.6 Å². The van der Waals surface area contributed by atoms with Gasteiger partial charge in [-0.3, -0.25) is 4.79 Å². The molecule has 0 spiro atoms. The van der Waals surface area contributed by atoms with E-state index < -0.39 is 11.9 Å². The van der Waals surface area contributed by atoms with E-state index in [2.05, 4.69) is 5.32 Å². The van der Waals surface area contributed by atoms with Crippen LogP contribution in [-0.4, -0.2) is 18.5 Å². The highest BCUT2D eigenvalue weighted by Crippen LogP contribution is 2.27. The Kier molecular flexibility index (Phi) is 6.91. The van der Waals surface area contributed by atoms with Gasteiger partial charge in [-0.2, -0.15) is 5.26 Å². The second-order valence-electron chi connectivity index (χ2n) is 6.56. The van der Waals surface area contributed by atoms with Crippen molar-refractivity contribution in [1.82, 2.24) is 0 Å². The van der Waals surface area contributed by atoms with Crippen LogP contribution in [0.4, 0.5) is 5.69 Å². The zero-order valence-electron chi connectivity index (χ0n) is 16.9. The van der Waals surface area contributed by atoms with Crippen molar-refractivity contribution in [3.05, 3.63) is 82.1 Å². The van der Waals surface area contributed by atoms with Crippen molar-refractivity contribution in [3.63, 3.8) is 0 Å². The molecule has 0 aliphatic rings. The second kappa shape index (κ2) is 9.79. The number of nitrogens with zero attached hydrogens (tertiary/aromatic N) is 1. The van der Waals surface area contributed by atoms with Crippen LogP contribution in [0.1, 0.15) is 28.6 Å². The summed E-state index contributed by atoms with van der Waals surface area (Å²) in [6.45, 7) is 3.86. The maximum absolute atomic E-state index is 12.5. The highest BCUT2D eigenvalue weighted by molar-refractivity contribution is 6.34. The number of nitriles is 1. The monoisotopic (exact) mass is 434 g/mol. The van der Waals surface area contributed by atoms with Gasteiger partial charge in [-0.05, 0) is 49.7 Å². The Labute approximate surface area is 184 Å². The highest BCUT2D eigenvalue weighted by atomic mass is 35.5. The molecule has 1 amide bonds. The Hall–Kier alpha value is -3.82. The van der Waals surface area contributed by atoms with Gasteiger partial charge < -0.3 is 14.5 Å². The van der Waals surface area contributed by atoms with E-state index >= 15 is 0 Å². The Balaban J connectivity index is 1.78. The molecule has 7 heteroatoms. The fourth-order valence-corrected chi connectivity index (χ4v) is 3.10. The zero-order valence-corrected chi connectivity index (χ0v) is 17.7. The fraction of sp³-hybridized carbons (Fsp3) is 0.125. The first-order valence-electron chi connectivity index (χ1n) is 9.48. The van der Waals surface area contributed by atoms with E-state index in [-0.39, 0.29) is 5.57 Å². The molecule has 0 unspecified atom stereocenters. The normalized spacial score (nSPS) is 11.0. The lowest BCUT2D eigenvalue weighted by Gasteiger charge is -2.09. The minimum absolute atomic E-state index is 0.127. The molecular formula is C24H19ClN2O4. The molecule has 0 bridgehead atoms. The van der Waals surface area contributed by atoms with Gasteiger partial charge in [0.25, 0.3) is 5.91 Å². The molecule has 31 heavy (non-hydrogen) atoms. The molecule has 0 atom stereocenters. The molecule has 6 nitrogen and oxygen atoms in total. The summed E-state index contributed by atoms with van der Waals surface area (Å²) in [5.41, 5.74) is 2.29. The van der Waals surface area contributed by atoms with Crippen LogP contribution in [0.2, 0.25) is 5.02 Å². The molecule has 156 valence electrons. The van der Waals surface area contributed by atoms with Crippen molar-refractivity contribution in [1.29, 1.82) is 5.26 Å². The van der Waals surface area contributed by atoms with E-state index in [0.29, 0.717) is 34.4 Å². The number of carbonyl (C=O) groups excluding carboxylic acids is 2. The van der Waals surface area contributed by atoms with E-state index in [1.807, 2.05) is 19.1 Å². The van der Waals surface area contributed by atoms with E-state index in [9.17, 15) is 14.9 Å². The number of carbonyl (C=O) groups is 2. The number of nitrogens with one attached hydrogen (secondary N) is 1. The number of para-hydroxylation sites is 1. The second-order valence-corrected chi connectivity index (χ2v) is 6.96. The third kappa shape index (κ3) is 5.21. The summed E-state index contributed by atoms with van der Waals surface area (Å²) in [4.78, 5) is 24.3. The van der Waals surface area contributed by atoms with E-state index in [0.717, 1.165) is 11.1 Å². The number of amides is 1. The minimum Gasteiger partial charge on any atom is -0.462 e. The number of anilines is 1. The predicted octanol–water partition coefficient (Wildman–Crippen LogP) is 5.63. The number of benzene rings is 2. The molecule has 0 saturated carbocycles. The maximum atomic E-state index is 12.5. The van der Waals surface area contributed by atoms with Gasteiger partial charge >= 0.3 is 5.97 Å². The van der Waals surface area contributed by atoms with Crippen molar-refractivity contribution in [2.75, 3.05) is 11.9 Å². The molecule has 0 fully saturated rings. The Bertz CT molecular complexity index is 1170. The fourth-order valence-electron chi connectivity index (χ4n) is 2.83. The van der Waals surface area contributed by atoms with Gasteiger partial charge in [0.05, 0.1) is 22.9 Å². The predicted molar refractivity (Wildman–Crippen MR) is 119 cm³/mol. The molecular weight excluding hydrogens is 416 g/mol. The van der Waals surface area contributed by atoms with Gasteiger partial charge in [0.1, 0.15) is 23.2 Å². The van der Waals surface area contributed by atoms with Crippen LogP contribution in [0.25, 0.3) is 17.4 Å². The van der Waals surface area contributed by atoms with Crippen molar-refractivity contribution in [2.45, 2.75) is 13.8 Å². The summed E-state index contributed by atoms with van der Waals surface area (Å²) < 4.78 is 10.7. The number of hydrogen-bond acceptors (Lipinski definition) is 5. The first kappa shape index (κ1) is 21.9. The minimum atomic E-state index is -0.588. The van der Waals surface area contributed by atoms with Crippen molar-refractivity contribution in [3.8, 4) is 17.4 Å². The summed E-state index contributed by atoms with van der Waals surface area (Å²) in [5, 5.41) is 12.5. The molecule has 2 aromatic carbocycles. The summed E-state index contributed by atoms with van der Waals surface area (Å²) in [7, 11) is 0. The van der Waals surface area contributed by atoms with Crippen LogP contribution in [0, 0.1) is 18.3 Å². The lowest BCUT2D eigenvalue weighted by Crippen LogP contribution is -2.14. The Morgan fingerprint density at radius 3 is 2.55 bits per heavy atom. The average Bonchev–Trinajstić information content (AvgIpc) is 3.23. The van der Waals surface area contributed by atoms with E-state index in [1.54, 1.807) is 55.5 Å². The van der Waals surface area contributed by atoms with Crippen LogP contribution < -0.4 is 5.32 Å². The number of furan rings is 1. The molecule has 1 heterocycles. The number of esters is 1. The van der Waals surface area contributed by atoms with Gasteiger partial charge in [-0.25, -0.2) is 4.79 Å². The van der Waals surface area contributed by atoms with Crippen LogP contribution in [0.15, 0.2) is 64.6 Å². The standard InChI is InChI=1S/C24H19ClN2O4/c1-3-30-24(29)17-9-7-16(8-10-17)21-12-11-19(31-21)13-18(14-26)23(28)27-22-15(2)5-4-6-20(22)25/h4-13H,3H2,1-2H3,(H,27,28). The SMILES string of the molecule is CCOC(=O)c1ccc(-c2ccc(C=C(C#N)C(=O)Nc3c(C)cccc3Cl)o2)cc1. The smallest absolute Gasteiger partial charge is 0.338 e. The molecule has 0 aliphatic heterocycles. The average molecular weight is 435 g/mol. The number of ether oxygens (including phenoxy) is 1. The third-order valence-electron chi connectivity index (χ3n) is 4.42. The van der Waals surface area contributed by atoms with Crippen LogP contribution >= 0.6 is 11.6 Å². The quantitative estimate of drug-likeness (QED) is 0.308. The number of rotatable bonds is 6. The van der Waals surface area contributed by atoms with Gasteiger partial charge in [-0.15, -0.1) is 0 Å². The number of hydrogen-bond donors (Lipinski definition) is 1. The first-order valence-corrected chi connectivity index (χ1v) is 9.86. The van der Waals surface area contributed by atoms with Crippen LogP contribution in [0.3, 0.4) is 0 Å². The summed E-state index contributed by atoms with van der Waals surface area (Å²) in [6.07, 6.45) is 1.36. The van der Waals surface area contributed by atoms with Crippen LogP contribution in [0.5, 0.6) is 0 Å². The molecule has 0 aliphatic carbocycles. The summed E-state index contributed by atoms with van der Waals surface area (Å²) in [6, 6.07) is 17.3. The summed E-state index contributed by atoms with van der Waals surface area (Å²) in [5.74, 6) is -0.112. The van der Waals surface area contributed by atoms with Crippen LogP contribution in [-0.2, 0) is 9.53 Å². The highest BCUT2D eigenvalue weighted by Gasteiger charge is 2.14. The molecule has 0 radical (unpaired) electrons. The Morgan fingerprint density at radius 1 is 1.16 bits per heavy atom. The molecule has 3 aromatic rings. The van der Waals surface area contributed by atoms with Crippen molar-refractivity contribution < 1.29 is 18.7 Å². The number of halogens is 1. The first-order chi connectivity index (χ1) is 14.9. The lowest BCUT2D eigenvalue weighted by molar-refractivity contribution is -0.112. The van der Waals surface area contributed by atoms with Gasteiger partial charge in [0.2, 0.25) is 0 Å². The molecule has 1 aromatic heterocycles. The Morgan fingerprint density at radius 2 is 1.90 bits per heavy atom. The van der Waals surface area contributed by atoms with Gasteiger partial charge in [0.15, 0.2) is 0 Å². The van der Waals surface area contributed by atoms with E-state index in [1.165, 1.54) is 6.08 Å². The van der Waals surface area contributed by atoms with E-state index in [4.69, 9.17) is 20.8 Å². The summed E-state index contributed by atoms with van der Waals surface area (Å²) >= 11 is 6.14. The third-order valence-corrected chi connectivity index (χ3v) is 4.73. The van der Waals surface area contributed by atoms with Crippen molar-refractivity contribution >= 4 is 35.2 Å². The molecule has 0 saturated heterocycles. The van der Waals surface area contributed by atoms with Crippen molar-refractivity contribution in [2.24, 2.45) is 0 Å². The maximum Gasteiger partial charge on any atom is 0.338 e. The van der Waals surface area contributed by atoms with Gasteiger partial charge in [-0.1, -0.05) is 35.9 Å². The topological polar surface area (TPSA) is 92.3 Å². The zero-order chi connectivity index (χ0) is 22.4.